The number of nitro groups is 1. The summed E-state index contributed by atoms with van der Waals surface area (Å²) in [6.45, 7) is -0.0548. The van der Waals surface area contributed by atoms with E-state index in [0.717, 1.165) is 0 Å². The van der Waals surface area contributed by atoms with Gasteiger partial charge in [-0.1, -0.05) is 11.6 Å². The van der Waals surface area contributed by atoms with Gasteiger partial charge in [0.25, 0.3) is 5.69 Å². The van der Waals surface area contributed by atoms with Gasteiger partial charge < -0.3 is 14.6 Å². The Morgan fingerprint density at radius 1 is 1.62 bits per heavy atom. The van der Waals surface area contributed by atoms with Crippen molar-refractivity contribution in [1.29, 1.82) is 0 Å². The fraction of sp³-hybridized carbons (Fsp3) is 0.333. The van der Waals surface area contributed by atoms with Crippen LogP contribution in [0.1, 0.15) is 0 Å². The molecule has 16 heavy (non-hydrogen) atoms. The van der Waals surface area contributed by atoms with Crippen molar-refractivity contribution in [2.75, 3.05) is 13.2 Å². The molecule has 0 spiro atoms. The van der Waals surface area contributed by atoms with Crippen molar-refractivity contribution in [3.63, 3.8) is 0 Å². The molecule has 0 saturated carbocycles. The van der Waals surface area contributed by atoms with Crippen molar-refractivity contribution in [3.8, 4) is 11.5 Å². The van der Waals surface area contributed by atoms with Crippen molar-refractivity contribution in [3.05, 3.63) is 27.3 Å². The fourth-order valence-electron chi connectivity index (χ4n) is 1.37. The van der Waals surface area contributed by atoms with Crippen LogP contribution in [0.3, 0.4) is 0 Å². The monoisotopic (exact) mass is 245 g/mol. The third kappa shape index (κ3) is 1.89. The molecular formula is C9H8ClNO5. The largest absolute Gasteiger partial charge is 0.484 e. The second-order valence-electron chi connectivity index (χ2n) is 3.25. The van der Waals surface area contributed by atoms with Gasteiger partial charge in [0.05, 0.1) is 22.6 Å². The number of fused-ring (bicyclic) bond motifs is 1. The van der Waals surface area contributed by atoms with Gasteiger partial charge in [0.2, 0.25) is 0 Å². The molecule has 1 atom stereocenters. The topological polar surface area (TPSA) is 81.8 Å². The van der Waals surface area contributed by atoms with E-state index in [2.05, 4.69) is 0 Å². The minimum Gasteiger partial charge on any atom is -0.484 e. The van der Waals surface area contributed by atoms with Crippen LogP contribution in [0.15, 0.2) is 12.1 Å². The van der Waals surface area contributed by atoms with E-state index >= 15 is 0 Å². The molecule has 0 saturated heterocycles. The molecule has 0 radical (unpaired) electrons. The number of aliphatic hydroxyl groups excluding tert-OH is 1. The lowest BCUT2D eigenvalue weighted by Gasteiger charge is -2.25. The zero-order chi connectivity index (χ0) is 11.7. The van der Waals surface area contributed by atoms with Crippen LogP contribution in [-0.4, -0.2) is 29.3 Å². The maximum absolute atomic E-state index is 10.6. The molecule has 6 nitrogen and oxygen atoms in total. The summed E-state index contributed by atoms with van der Waals surface area (Å²) in [7, 11) is 0. The Morgan fingerprint density at radius 3 is 3.00 bits per heavy atom. The van der Waals surface area contributed by atoms with Gasteiger partial charge in [0.1, 0.15) is 6.61 Å². The maximum atomic E-state index is 10.6. The third-order valence-corrected chi connectivity index (χ3v) is 2.40. The summed E-state index contributed by atoms with van der Waals surface area (Å²) in [5.74, 6) is 0.460. The van der Waals surface area contributed by atoms with Gasteiger partial charge in [0.15, 0.2) is 17.6 Å². The summed E-state index contributed by atoms with van der Waals surface area (Å²) in [6, 6.07) is 2.42. The number of halogens is 1. The smallest absolute Gasteiger partial charge is 0.274 e. The van der Waals surface area contributed by atoms with E-state index in [4.69, 9.17) is 26.2 Å². The normalized spacial score (nSPS) is 18.2. The van der Waals surface area contributed by atoms with Gasteiger partial charge in [-0.3, -0.25) is 10.1 Å². The lowest BCUT2D eigenvalue weighted by molar-refractivity contribution is -0.385. The first-order valence-electron chi connectivity index (χ1n) is 4.50. The first kappa shape index (κ1) is 11.0. The van der Waals surface area contributed by atoms with E-state index in [1.54, 1.807) is 0 Å². The number of rotatable bonds is 2. The maximum Gasteiger partial charge on any atom is 0.274 e. The molecule has 2 rings (SSSR count). The molecule has 1 aromatic carbocycles. The van der Waals surface area contributed by atoms with Gasteiger partial charge in [-0.15, -0.1) is 0 Å². The van der Waals surface area contributed by atoms with Gasteiger partial charge in [-0.2, -0.15) is 0 Å². The Morgan fingerprint density at radius 2 is 2.38 bits per heavy atom. The molecule has 1 heterocycles. The van der Waals surface area contributed by atoms with Crippen molar-refractivity contribution in [2.24, 2.45) is 0 Å². The fourth-order valence-corrected chi connectivity index (χ4v) is 1.63. The van der Waals surface area contributed by atoms with Gasteiger partial charge in [-0.25, -0.2) is 0 Å². The van der Waals surface area contributed by atoms with Crippen molar-refractivity contribution >= 4 is 17.3 Å². The number of hydrogen-bond acceptors (Lipinski definition) is 5. The van der Waals surface area contributed by atoms with Crippen LogP contribution in [0.2, 0.25) is 5.02 Å². The predicted molar refractivity (Wildman–Crippen MR) is 55.1 cm³/mol. The Balaban J connectivity index is 2.41. The third-order valence-electron chi connectivity index (χ3n) is 2.12. The quantitative estimate of drug-likeness (QED) is 0.629. The Bertz CT molecular complexity index is 436. The van der Waals surface area contributed by atoms with E-state index in [1.807, 2.05) is 0 Å². The first-order valence-corrected chi connectivity index (χ1v) is 4.88. The second kappa shape index (κ2) is 4.15. The molecule has 1 aromatic rings. The highest BCUT2D eigenvalue weighted by Gasteiger charge is 2.25. The van der Waals surface area contributed by atoms with Crippen LogP contribution in [0.4, 0.5) is 5.69 Å². The van der Waals surface area contributed by atoms with Crippen molar-refractivity contribution in [1.82, 2.24) is 0 Å². The van der Waals surface area contributed by atoms with Gasteiger partial charge >= 0.3 is 0 Å². The van der Waals surface area contributed by atoms with E-state index in [1.165, 1.54) is 12.1 Å². The lowest BCUT2D eigenvalue weighted by Crippen LogP contribution is -2.32. The summed E-state index contributed by atoms with van der Waals surface area (Å²) in [5.41, 5.74) is -0.175. The summed E-state index contributed by atoms with van der Waals surface area (Å²) in [5, 5.41) is 19.6. The van der Waals surface area contributed by atoms with Gasteiger partial charge in [0, 0.05) is 6.07 Å². The van der Waals surface area contributed by atoms with Crippen molar-refractivity contribution in [2.45, 2.75) is 6.10 Å². The molecular weight excluding hydrogens is 238 g/mol. The zero-order valence-electron chi connectivity index (χ0n) is 8.05. The number of aliphatic hydroxyl groups is 1. The number of hydrogen-bond donors (Lipinski definition) is 1. The summed E-state index contributed by atoms with van der Waals surface area (Å²) in [4.78, 5) is 10.0. The summed E-state index contributed by atoms with van der Waals surface area (Å²) < 4.78 is 10.5. The Kier molecular flexibility index (Phi) is 2.84. The SMILES string of the molecule is O=[N+]([O-])c1cc(Cl)c2c(c1)OC(CO)CO2. The Hall–Kier alpha value is -1.53. The molecule has 0 bridgehead atoms. The molecule has 1 aliphatic heterocycles. The highest BCUT2D eigenvalue weighted by Crippen LogP contribution is 2.41. The standard InChI is InChI=1S/C9H8ClNO5/c10-7-1-5(11(13)14)2-8-9(7)15-4-6(3-12)16-8/h1-2,6,12H,3-4H2. The minimum absolute atomic E-state index is 0.126. The number of ether oxygens (including phenoxy) is 2. The number of non-ortho nitro benzene ring substituents is 1. The predicted octanol–water partition coefficient (Wildman–Crippen LogP) is 1.38. The highest BCUT2D eigenvalue weighted by molar-refractivity contribution is 6.32. The van der Waals surface area contributed by atoms with Crippen molar-refractivity contribution < 1.29 is 19.5 Å². The van der Waals surface area contributed by atoms with Crippen LogP contribution in [-0.2, 0) is 0 Å². The van der Waals surface area contributed by atoms with E-state index in [9.17, 15) is 10.1 Å². The number of nitrogens with zero attached hydrogens (tertiary/aromatic N) is 1. The molecule has 0 aliphatic carbocycles. The van der Waals surface area contributed by atoms with E-state index < -0.39 is 11.0 Å². The molecule has 0 fully saturated rings. The second-order valence-corrected chi connectivity index (χ2v) is 3.65. The Labute approximate surface area is 95.5 Å². The highest BCUT2D eigenvalue weighted by atomic mass is 35.5. The summed E-state index contributed by atoms with van der Waals surface area (Å²) >= 11 is 5.81. The van der Waals surface area contributed by atoms with Crippen LogP contribution in [0, 0.1) is 10.1 Å². The summed E-state index contributed by atoms with van der Waals surface area (Å²) in [6.07, 6.45) is -0.523. The lowest BCUT2D eigenvalue weighted by atomic mass is 10.2. The minimum atomic E-state index is -0.571. The van der Waals surface area contributed by atoms with Crippen LogP contribution < -0.4 is 9.47 Å². The van der Waals surface area contributed by atoms with Crippen LogP contribution >= 0.6 is 11.6 Å². The molecule has 7 heteroatoms. The zero-order valence-corrected chi connectivity index (χ0v) is 8.81. The van der Waals surface area contributed by atoms with Crippen LogP contribution in [0.25, 0.3) is 0 Å². The average Bonchev–Trinajstić information content (AvgIpc) is 2.28. The molecule has 0 amide bonds. The molecule has 1 N–H and O–H groups in total. The molecule has 0 aromatic heterocycles. The van der Waals surface area contributed by atoms with Gasteiger partial charge in [-0.05, 0) is 0 Å². The van der Waals surface area contributed by atoms with E-state index in [0.29, 0.717) is 0 Å². The average molecular weight is 246 g/mol. The molecule has 1 aliphatic rings. The van der Waals surface area contributed by atoms with E-state index in [-0.39, 0.29) is 35.4 Å². The molecule has 1 unspecified atom stereocenters. The van der Waals surface area contributed by atoms with Crippen LogP contribution in [0.5, 0.6) is 11.5 Å². The number of benzene rings is 1. The molecule has 86 valence electrons. The number of nitro benzene ring substituents is 1. The first-order chi connectivity index (χ1) is 7.61.